The smallest absolute Gasteiger partial charge is 0.255 e. The Labute approximate surface area is 208 Å². The van der Waals surface area contributed by atoms with E-state index in [2.05, 4.69) is 10.6 Å². The zero-order chi connectivity index (χ0) is 25.4. The first kappa shape index (κ1) is 23.3. The average Bonchev–Trinajstić information content (AvgIpc) is 3.15. The number of hydrogen-bond acceptors (Lipinski definition) is 4. The van der Waals surface area contributed by atoms with Crippen molar-refractivity contribution in [3.05, 3.63) is 94.0 Å². The molecule has 3 aromatic rings. The first-order valence-corrected chi connectivity index (χ1v) is 11.8. The third-order valence-electron chi connectivity index (χ3n) is 6.57. The second-order valence-corrected chi connectivity index (χ2v) is 9.21. The molecule has 0 fully saturated rings. The maximum absolute atomic E-state index is 13.1. The lowest BCUT2D eigenvalue weighted by Gasteiger charge is -2.29. The summed E-state index contributed by atoms with van der Waals surface area (Å²) in [6.45, 7) is 2.96. The van der Waals surface area contributed by atoms with Gasteiger partial charge < -0.3 is 20.4 Å². The van der Waals surface area contributed by atoms with Crippen molar-refractivity contribution in [3.63, 3.8) is 0 Å². The van der Waals surface area contributed by atoms with Gasteiger partial charge in [0.05, 0.1) is 0 Å². The van der Waals surface area contributed by atoms with Crippen LogP contribution in [0.3, 0.4) is 0 Å². The first-order valence-electron chi connectivity index (χ1n) is 11.8. The standard InChI is InChI=1S/C28H26N4O4/c1-17(33)29-23-7-5-19(6-8-23)27(35)32-12-11-18-3-4-20(13-21(18)16-32)26(34)30-24-9-10-25-22(14-24)15-31(2)28(25)36/h3-10,13-14H,11-12,15-16H2,1-2H3,(H,29,33)(H,30,34). The van der Waals surface area contributed by atoms with Crippen molar-refractivity contribution < 1.29 is 19.2 Å². The molecular formula is C28H26N4O4. The number of fused-ring (bicyclic) bond motifs is 2. The molecule has 0 saturated heterocycles. The van der Waals surface area contributed by atoms with Gasteiger partial charge in [0, 0.05) is 61.7 Å². The Morgan fingerprint density at radius 3 is 2.25 bits per heavy atom. The van der Waals surface area contributed by atoms with E-state index in [9.17, 15) is 19.2 Å². The lowest BCUT2D eigenvalue weighted by Crippen LogP contribution is -2.36. The predicted molar refractivity (Wildman–Crippen MR) is 136 cm³/mol. The maximum Gasteiger partial charge on any atom is 0.255 e. The van der Waals surface area contributed by atoms with Gasteiger partial charge in [-0.3, -0.25) is 19.2 Å². The van der Waals surface area contributed by atoms with E-state index in [-0.39, 0.29) is 23.6 Å². The number of carbonyl (C=O) groups excluding carboxylic acids is 4. The van der Waals surface area contributed by atoms with Crippen molar-refractivity contribution in [1.29, 1.82) is 0 Å². The Morgan fingerprint density at radius 2 is 1.50 bits per heavy atom. The minimum atomic E-state index is -0.243. The van der Waals surface area contributed by atoms with Crippen molar-refractivity contribution in [3.8, 4) is 0 Å². The minimum absolute atomic E-state index is 0.0136. The Kier molecular flexibility index (Phi) is 6.01. The van der Waals surface area contributed by atoms with Crippen LogP contribution in [0.25, 0.3) is 0 Å². The van der Waals surface area contributed by atoms with E-state index < -0.39 is 0 Å². The number of nitrogens with zero attached hydrogens (tertiary/aromatic N) is 2. The van der Waals surface area contributed by atoms with Crippen LogP contribution in [0, 0.1) is 0 Å². The van der Waals surface area contributed by atoms with Crippen LogP contribution in [0.2, 0.25) is 0 Å². The van der Waals surface area contributed by atoms with Crippen molar-refractivity contribution >= 4 is 35.0 Å². The van der Waals surface area contributed by atoms with Gasteiger partial charge in [0.2, 0.25) is 5.91 Å². The summed E-state index contributed by atoms with van der Waals surface area (Å²) in [5.41, 5.74) is 5.95. The van der Waals surface area contributed by atoms with Gasteiger partial charge in [-0.15, -0.1) is 0 Å². The number of hydrogen-bond donors (Lipinski definition) is 2. The van der Waals surface area contributed by atoms with Crippen LogP contribution >= 0.6 is 0 Å². The summed E-state index contributed by atoms with van der Waals surface area (Å²) in [5, 5.41) is 5.62. The van der Waals surface area contributed by atoms with E-state index in [0.29, 0.717) is 54.1 Å². The fourth-order valence-corrected chi connectivity index (χ4v) is 4.70. The lowest BCUT2D eigenvalue weighted by molar-refractivity contribution is -0.114. The minimum Gasteiger partial charge on any atom is -0.337 e. The number of rotatable bonds is 4. The average molecular weight is 483 g/mol. The van der Waals surface area contributed by atoms with Gasteiger partial charge >= 0.3 is 0 Å². The lowest BCUT2D eigenvalue weighted by atomic mass is 9.96. The van der Waals surface area contributed by atoms with Gasteiger partial charge in [-0.05, 0) is 77.7 Å². The van der Waals surface area contributed by atoms with E-state index in [1.165, 1.54) is 6.92 Å². The zero-order valence-electron chi connectivity index (χ0n) is 20.1. The summed E-state index contributed by atoms with van der Waals surface area (Å²) in [7, 11) is 1.75. The van der Waals surface area contributed by atoms with Gasteiger partial charge in [0.1, 0.15) is 0 Å². The van der Waals surface area contributed by atoms with Gasteiger partial charge in [0.15, 0.2) is 0 Å². The molecule has 2 N–H and O–H groups in total. The highest BCUT2D eigenvalue weighted by Gasteiger charge is 2.25. The molecule has 0 atom stereocenters. The van der Waals surface area contributed by atoms with Crippen LogP contribution in [-0.4, -0.2) is 47.0 Å². The Bertz CT molecular complexity index is 1400. The summed E-state index contributed by atoms with van der Waals surface area (Å²) >= 11 is 0. The van der Waals surface area contributed by atoms with Gasteiger partial charge in [-0.2, -0.15) is 0 Å². The monoisotopic (exact) mass is 482 g/mol. The molecule has 3 aromatic carbocycles. The van der Waals surface area contributed by atoms with Gasteiger partial charge in [0.25, 0.3) is 17.7 Å². The third kappa shape index (κ3) is 4.57. The van der Waals surface area contributed by atoms with E-state index in [4.69, 9.17) is 0 Å². The molecule has 2 heterocycles. The Hall–Kier alpha value is -4.46. The molecule has 0 bridgehead atoms. The molecule has 182 valence electrons. The molecule has 0 saturated carbocycles. The predicted octanol–water partition coefficient (Wildman–Crippen LogP) is 3.68. The van der Waals surface area contributed by atoms with E-state index in [1.54, 1.807) is 59.3 Å². The van der Waals surface area contributed by atoms with Crippen LogP contribution in [0.1, 0.15) is 54.7 Å². The fourth-order valence-electron chi connectivity index (χ4n) is 4.70. The molecule has 0 aliphatic carbocycles. The molecule has 36 heavy (non-hydrogen) atoms. The highest BCUT2D eigenvalue weighted by molar-refractivity contribution is 6.05. The van der Waals surface area contributed by atoms with Crippen molar-refractivity contribution in [2.45, 2.75) is 26.4 Å². The number of carbonyl (C=O) groups is 4. The summed E-state index contributed by atoms with van der Waals surface area (Å²) in [5.74, 6) is -0.518. The van der Waals surface area contributed by atoms with Crippen LogP contribution in [0.4, 0.5) is 11.4 Å². The van der Waals surface area contributed by atoms with E-state index in [0.717, 1.165) is 16.7 Å². The molecule has 2 aliphatic heterocycles. The molecule has 0 spiro atoms. The number of anilines is 2. The second-order valence-electron chi connectivity index (χ2n) is 9.21. The van der Waals surface area contributed by atoms with Crippen molar-refractivity contribution in [1.82, 2.24) is 9.80 Å². The SMILES string of the molecule is CC(=O)Nc1ccc(C(=O)N2CCc3ccc(C(=O)Nc4ccc5c(c4)CN(C)C5=O)cc3C2)cc1. The summed E-state index contributed by atoms with van der Waals surface area (Å²) in [4.78, 5) is 52.8. The van der Waals surface area contributed by atoms with E-state index >= 15 is 0 Å². The number of benzene rings is 3. The molecular weight excluding hydrogens is 456 g/mol. The largest absolute Gasteiger partial charge is 0.337 e. The first-order chi connectivity index (χ1) is 17.3. The summed E-state index contributed by atoms with van der Waals surface area (Å²) in [6.07, 6.45) is 0.708. The molecule has 4 amide bonds. The number of nitrogens with one attached hydrogen (secondary N) is 2. The van der Waals surface area contributed by atoms with Crippen molar-refractivity contribution in [2.75, 3.05) is 24.2 Å². The van der Waals surface area contributed by atoms with Crippen molar-refractivity contribution in [2.24, 2.45) is 0 Å². The Balaban J connectivity index is 1.28. The third-order valence-corrected chi connectivity index (χ3v) is 6.57. The molecule has 0 aromatic heterocycles. The topological polar surface area (TPSA) is 98.8 Å². The normalized spacial score (nSPS) is 14.2. The molecule has 5 rings (SSSR count). The highest BCUT2D eigenvalue weighted by atomic mass is 16.2. The molecule has 2 aliphatic rings. The maximum atomic E-state index is 13.1. The number of amides is 4. The molecule has 8 nitrogen and oxygen atoms in total. The van der Waals surface area contributed by atoms with E-state index in [1.807, 2.05) is 18.2 Å². The van der Waals surface area contributed by atoms with Crippen LogP contribution in [-0.2, 0) is 24.3 Å². The summed E-state index contributed by atoms with van der Waals surface area (Å²) in [6, 6.07) is 17.7. The summed E-state index contributed by atoms with van der Waals surface area (Å²) < 4.78 is 0. The zero-order valence-corrected chi connectivity index (χ0v) is 20.1. The van der Waals surface area contributed by atoms with Crippen LogP contribution in [0.5, 0.6) is 0 Å². The second kappa shape index (κ2) is 9.30. The quantitative estimate of drug-likeness (QED) is 0.593. The van der Waals surface area contributed by atoms with Crippen LogP contribution < -0.4 is 10.6 Å². The van der Waals surface area contributed by atoms with Gasteiger partial charge in [-0.1, -0.05) is 6.07 Å². The molecule has 0 radical (unpaired) electrons. The van der Waals surface area contributed by atoms with Crippen LogP contribution in [0.15, 0.2) is 60.7 Å². The fraction of sp³-hybridized carbons (Fsp3) is 0.214. The van der Waals surface area contributed by atoms with Gasteiger partial charge in [-0.25, -0.2) is 0 Å². The molecule has 8 heteroatoms. The Morgan fingerprint density at radius 1 is 0.778 bits per heavy atom. The molecule has 0 unspecified atom stereocenters. The highest BCUT2D eigenvalue weighted by Crippen LogP contribution is 2.26.